The summed E-state index contributed by atoms with van der Waals surface area (Å²) in [6.07, 6.45) is 1.21. The van der Waals surface area contributed by atoms with Crippen LogP contribution in [0.4, 0.5) is 0 Å². The van der Waals surface area contributed by atoms with Gasteiger partial charge >= 0.3 is 5.97 Å². The number of rotatable bonds is 2. The number of carbonyl (C=O) groups is 1. The van der Waals surface area contributed by atoms with Crippen LogP contribution in [-0.2, 0) is 6.61 Å². The number of carboxylic acid groups (broad SMARTS) is 1. The molecule has 0 aromatic carbocycles. The van der Waals surface area contributed by atoms with Gasteiger partial charge in [0.25, 0.3) is 0 Å². The summed E-state index contributed by atoms with van der Waals surface area (Å²) in [5, 5.41) is 17.3. The third-order valence-corrected chi connectivity index (χ3v) is 1.78. The highest BCUT2D eigenvalue weighted by Gasteiger charge is 2.11. The molecule has 3 N–H and O–H groups in total. The maximum Gasteiger partial charge on any atom is 0.352 e. The molecule has 5 nitrogen and oxygen atoms in total. The normalized spacial score (nSPS) is 10.0. The van der Waals surface area contributed by atoms with Crippen molar-refractivity contribution in [3.8, 4) is 0 Å². The van der Waals surface area contributed by atoms with Gasteiger partial charge in [-0.2, -0.15) is 0 Å². The van der Waals surface area contributed by atoms with Crippen LogP contribution in [-0.4, -0.2) is 21.2 Å². The smallest absolute Gasteiger partial charge is 0.352 e. The standard InChI is InChI=1S/C8H9NO4/c1-4-6(8(12)13)9-2-5(3-10)7(4)11/h2,10H,3H2,1H3,(H,9,11)(H,12,13). The van der Waals surface area contributed by atoms with E-state index >= 15 is 0 Å². The Bertz CT molecular complexity index is 394. The molecule has 0 unspecified atom stereocenters. The molecule has 0 aliphatic rings. The highest BCUT2D eigenvalue weighted by atomic mass is 16.4. The zero-order valence-electron chi connectivity index (χ0n) is 7.00. The van der Waals surface area contributed by atoms with Crippen molar-refractivity contribution in [2.24, 2.45) is 0 Å². The summed E-state index contributed by atoms with van der Waals surface area (Å²) in [7, 11) is 0. The molecular weight excluding hydrogens is 174 g/mol. The number of aromatic nitrogens is 1. The summed E-state index contributed by atoms with van der Waals surface area (Å²) in [5.41, 5.74) is -0.289. The minimum atomic E-state index is -1.18. The van der Waals surface area contributed by atoms with Crippen LogP contribution >= 0.6 is 0 Å². The van der Waals surface area contributed by atoms with Crippen molar-refractivity contribution in [2.45, 2.75) is 13.5 Å². The fourth-order valence-electron chi connectivity index (χ4n) is 1.03. The highest BCUT2D eigenvalue weighted by molar-refractivity contribution is 5.86. The van der Waals surface area contributed by atoms with E-state index in [2.05, 4.69) is 4.98 Å². The minimum absolute atomic E-state index is 0.110. The monoisotopic (exact) mass is 183 g/mol. The van der Waals surface area contributed by atoms with Gasteiger partial charge in [-0.25, -0.2) is 4.79 Å². The SMILES string of the molecule is Cc1c(C(=O)O)[nH]cc(CO)c1=O. The van der Waals surface area contributed by atoms with Crippen LogP contribution in [0, 0.1) is 6.92 Å². The summed E-state index contributed by atoms with van der Waals surface area (Å²) in [5.74, 6) is -1.18. The van der Waals surface area contributed by atoms with Gasteiger partial charge in [0, 0.05) is 17.3 Å². The second-order valence-corrected chi connectivity index (χ2v) is 2.61. The van der Waals surface area contributed by atoms with E-state index in [1.54, 1.807) is 0 Å². The Morgan fingerprint density at radius 1 is 1.62 bits per heavy atom. The Hall–Kier alpha value is -1.62. The first-order valence-corrected chi connectivity index (χ1v) is 3.63. The minimum Gasteiger partial charge on any atom is -0.477 e. The highest BCUT2D eigenvalue weighted by Crippen LogP contribution is 2.00. The number of nitrogens with one attached hydrogen (secondary N) is 1. The van der Waals surface area contributed by atoms with Crippen molar-refractivity contribution < 1.29 is 15.0 Å². The third-order valence-electron chi connectivity index (χ3n) is 1.78. The molecule has 1 aromatic heterocycles. The summed E-state index contributed by atoms with van der Waals surface area (Å²) >= 11 is 0. The zero-order valence-corrected chi connectivity index (χ0v) is 7.00. The first-order chi connectivity index (χ1) is 6.07. The lowest BCUT2D eigenvalue weighted by Crippen LogP contribution is -2.18. The summed E-state index contributed by atoms with van der Waals surface area (Å²) in [4.78, 5) is 24.3. The van der Waals surface area contributed by atoms with Crippen molar-refractivity contribution in [1.29, 1.82) is 0 Å². The van der Waals surface area contributed by atoms with Crippen LogP contribution < -0.4 is 5.43 Å². The van der Waals surface area contributed by atoms with E-state index in [0.29, 0.717) is 0 Å². The molecule has 0 aliphatic carbocycles. The van der Waals surface area contributed by atoms with E-state index in [0.717, 1.165) is 0 Å². The molecule has 0 saturated carbocycles. The van der Waals surface area contributed by atoms with Crippen molar-refractivity contribution in [2.75, 3.05) is 0 Å². The zero-order chi connectivity index (χ0) is 10.0. The van der Waals surface area contributed by atoms with Gasteiger partial charge in [-0.15, -0.1) is 0 Å². The van der Waals surface area contributed by atoms with Gasteiger partial charge < -0.3 is 15.2 Å². The molecule has 0 spiro atoms. The van der Waals surface area contributed by atoms with E-state index in [1.807, 2.05) is 0 Å². The van der Waals surface area contributed by atoms with E-state index < -0.39 is 18.0 Å². The fraction of sp³-hybridized carbons (Fsp3) is 0.250. The quantitative estimate of drug-likeness (QED) is 0.595. The number of pyridine rings is 1. The molecular formula is C8H9NO4. The molecule has 0 amide bonds. The lowest BCUT2D eigenvalue weighted by molar-refractivity contribution is 0.0689. The first kappa shape index (κ1) is 9.47. The van der Waals surface area contributed by atoms with Crippen molar-refractivity contribution in [1.82, 2.24) is 4.98 Å². The maximum absolute atomic E-state index is 11.3. The molecule has 1 aromatic rings. The topological polar surface area (TPSA) is 90.4 Å². The van der Waals surface area contributed by atoms with Crippen molar-refractivity contribution >= 4 is 5.97 Å². The number of aliphatic hydroxyl groups is 1. The van der Waals surface area contributed by atoms with Gasteiger partial charge in [0.15, 0.2) is 5.43 Å². The number of carboxylic acids is 1. The molecule has 13 heavy (non-hydrogen) atoms. The van der Waals surface area contributed by atoms with Gasteiger partial charge in [-0.3, -0.25) is 4.79 Å². The average molecular weight is 183 g/mol. The number of hydrogen-bond acceptors (Lipinski definition) is 3. The van der Waals surface area contributed by atoms with Gasteiger partial charge in [-0.05, 0) is 6.92 Å². The number of hydrogen-bond donors (Lipinski definition) is 3. The van der Waals surface area contributed by atoms with Gasteiger partial charge in [0.1, 0.15) is 5.69 Å². The van der Waals surface area contributed by atoms with Crippen molar-refractivity contribution in [3.63, 3.8) is 0 Å². The second-order valence-electron chi connectivity index (χ2n) is 2.61. The molecule has 0 radical (unpaired) electrons. The largest absolute Gasteiger partial charge is 0.477 e. The molecule has 1 heterocycles. The fourth-order valence-corrected chi connectivity index (χ4v) is 1.03. The number of aromatic amines is 1. The average Bonchev–Trinajstić information content (AvgIpc) is 2.09. The molecule has 0 saturated heterocycles. The molecule has 5 heteroatoms. The molecule has 1 rings (SSSR count). The predicted molar refractivity (Wildman–Crippen MR) is 44.7 cm³/mol. The Kier molecular flexibility index (Phi) is 2.48. The Balaban J connectivity index is 3.40. The molecule has 0 aliphatic heterocycles. The molecule has 70 valence electrons. The van der Waals surface area contributed by atoms with Crippen molar-refractivity contribution in [3.05, 3.63) is 33.2 Å². The van der Waals surface area contributed by atoms with Crippen LogP contribution in [0.5, 0.6) is 0 Å². The Morgan fingerprint density at radius 3 is 2.69 bits per heavy atom. The van der Waals surface area contributed by atoms with Crippen LogP contribution in [0.2, 0.25) is 0 Å². The second kappa shape index (κ2) is 3.40. The van der Waals surface area contributed by atoms with Gasteiger partial charge in [0.05, 0.1) is 6.61 Å². The Labute approximate surface area is 73.7 Å². The molecule has 0 bridgehead atoms. The van der Waals surface area contributed by atoms with Crippen LogP contribution in [0.3, 0.4) is 0 Å². The summed E-state index contributed by atoms with van der Waals surface area (Å²) < 4.78 is 0. The Morgan fingerprint density at radius 2 is 2.23 bits per heavy atom. The van der Waals surface area contributed by atoms with Crippen LogP contribution in [0.25, 0.3) is 0 Å². The summed E-state index contributed by atoms with van der Waals surface area (Å²) in [6.45, 7) is 1.01. The molecule has 0 fully saturated rings. The molecule has 0 atom stereocenters. The van der Waals surface area contributed by atoms with E-state index in [4.69, 9.17) is 10.2 Å². The lowest BCUT2D eigenvalue weighted by Gasteiger charge is -2.01. The predicted octanol–water partition coefficient (Wildman–Crippen LogP) is -0.126. The van der Waals surface area contributed by atoms with E-state index in [-0.39, 0.29) is 16.8 Å². The summed E-state index contributed by atoms with van der Waals surface area (Å²) in [6, 6.07) is 0. The lowest BCUT2D eigenvalue weighted by atomic mass is 10.1. The van der Waals surface area contributed by atoms with Crippen LogP contribution in [0.15, 0.2) is 11.0 Å². The number of H-pyrrole nitrogens is 1. The van der Waals surface area contributed by atoms with Crippen LogP contribution in [0.1, 0.15) is 21.6 Å². The van der Waals surface area contributed by atoms with E-state index in [1.165, 1.54) is 13.1 Å². The van der Waals surface area contributed by atoms with E-state index in [9.17, 15) is 9.59 Å². The number of aliphatic hydroxyl groups excluding tert-OH is 1. The van der Waals surface area contributed by atoms with Gasteiger partial charge in [-0.1, -0.05) is 0 Å². The van der Waals surface area contributed by atoms with Gasteiger partial charge in [0.2, 0.25) is 0 Å². The number of aromatic carboxylic acids is 1. The third kappa shape index (κ3) is 1.59. The maximum atomic E-state index is 11.3. The first-order valence-electron chi connectivity index (χ1n) is 3.63.